The summed E-state index contributed by atoms with van der Waals surface area (Å²) in [6.45, 7) is 2.73. The van der Waals surface area contributed by atoms with Crippen LogP contribution in [0.3, 0.4) is 0 Å². The van der Waals surface area contributed by atoms with Gasteiger partial charge in [0, 0.05) is 48.6 Å². The summed E-state index contributed by atoms with van der Waals surface area (Å²) in [6, 6.07) is 16.4. The molecule has 144 valence electrons. The van der Waals surface area contributed by atoms with Crippen LogP contribution in [-0.2, 0) is 19.0 Å². The van der Waals surface area contributed by atoms with E-state index in [9.17, 15) is 4.79 Å². The molecule has 3 aromatic rings. The van der Waals surface area contributed by atoms with E-state index < -0.39 is 0 Å². The Hall–Kier alpha value is -2.79. The Morgan fingerprint density at radius 1 is 1.14 bits per heavy atom. The van der Waals surface area contributed by atoms with Gasteiger partial charge in [0.15, 0.2) is 0 Å². The molecule has 5 rings (SSSR count). The summed E-state index contributed by atoms with van der Waals surface area (Å²) in [7, 11) is 1.97. The SMILES string of the molecule is Cn1c(C(=O)N2CCC3(CC2)COc2ccc(CN)cc23)cc2ccccc21. The maximum absolute atomic E-state index is 13.2. The molecule has 2 N–H and O–H groups in total. The van der Waals surface area contributed by atoms with Crippen LogP contribution in [0.15, 0.2) is 48.5 Å². The van der Waals surface area contributed by atoms with E-state index in [4.69, 9.17) is 10.5 Å². The fourth-order valence-electron chi connectivity index (χ4n) is 4.75. The van der Waals surface area contributed by atoms with Crippen molar-refractivity contribution in [2.75, 3.05) is 19.7 Å². The number of rotatable bonds is 2. The second-order valence-corrected chi connectivity index (χ2v) is 8.04. The predicted molar refractivity (Wildman–Crippen MR) is 110 cm³/mol. The Kier molecular flexibility index (Phi) is 3.95. The molecule has 5 nitrogen and oxygen atoms in total. The van der Waals surface area contributed by atoms with E-state index >= 15 is 0 Å². The fraction of sp³-hybridized carbons (Fsp3) is 0.348. The number of para-hydroxylation sites is 1. The Balaban J connectivity index is 1.38. The molecular weight excluding hydrogens is 350 g/mol. The van der Waals surface area contributed by atoms with Gasteiger partial charge in [0.1, 0.15) is 11.4 Å². The van der Waals surface area contributed by atoms with E-state index in [2.05, 4.69) is 18.2 Å². The van der Waals surface area contributed by atoms with Crippen LogP contribution in [0.25, 0.3) is 10.9 Å². The van der Waals surface area contributed by atoms with Crippen LogP contribution in [0.2, 0.25) is 0 Å². The number of hydrogen-bond acceptors (Lipinski definition) is 3. The highest BCUT2D eigenvalue weighted by Crippen LogP contribution is 2.46. The summed E-state index contributed by atoms with van der Waals surface area (Å²) in [6.07, 6.45) is 1.84. The summed E-state index contributed by atoms with van der Waals surface area (Å²) in [4.78, 5) is 15.2. The molecule has 0 aliphatic carbocycles. The predicted octanol–water partition coefficient (Wildman–Crippen LogP) is 3.20. The van der Waals surface area contributed by atoms with Crippen LogP contribution in [0.4, 0.5) is 0 Å². The van der Waals surface area contributed by atoms with E-state index in [1.807, 2.05) is 46.8 Å². The summed E-state index contributed by atoms with van der Waals surface area (Å²) in [5.74, 6) is 1.09. The Labute approximate surface area is 164 Å². The number of nitrogens with two attached hydrogens (primary N) is 1. The Bertz CT molecular complexity index is 1060. The average molecular weight is 375 g/mol. The van der Waals surface area contributed by atoms with Crippen LogP contribution in [-0.4, -0.2) is 35.1 Å². The molecule has 0 atom stereocenters. The van der Waals surface area contributed by atoms with Crippen LogP contribution in [0.1, 0.15) is 34.5 Å². The van der Waals surface area contributed by atoms with E-state index in [0.717, 1.165) is 53.8 Å². The van der Waals surface area contributed by atoms with Gasteiger partial charge < -0.3 is 19.9 Å². The molecule has 3 heterocycles. The minimum atomic E-state index is 0.0101. The van der Waals surface area contributed by atoms with Crippen molar-refractivity contribution in [3.05, 3.63) is 65.4 Å². The summed E-state index contributed by atoms with van der Waals surface area (Å²) in [5.41, 5.74) is 10.1. The maximum Gasteiger partial charge on any atom is 0.270 e. The highest BCUT2D eigenvalue weighted by atomic mass is 16.5. The second kappa shape index (κ2) is 6.38. The molecule has 28 heavy (non-hydrogen) atoms. The summed E-state index contributed by atoms with van der Waals surface area (Å²) in [5, 5.41) is 1.11. The van der Waals surface area contributed by atoms with E-state index in [1.54, 1.807) is 0 Å². The molecule has 1 saturated heterocycles. The molecule has 2 aliphatic rings. The van der Waals surface area contributed by atoms with Crippen LogP contribution >= 0.6 is 0 Å². The Morgan fingerprint density at radius 2 is 1.93 bits per heavy atom. The average Bonchev–Trinajstić information content (AvgIpc) is 3.26. The smallest absolute Gasteiger partial charge is 0.270 e. The first kappa shape index (κ1) is 17.3. The lowest BCUT2D eigenvalue weighted by molar-refractivity contribution is 0.0637. The number of hydrogen-bond donors (Lipinski definition) is 1. The van der Waals surface area contributed by atoms with Gasteiger partial charge in [-0.3, -0.25) is 4.79 Å². The lowest BCUT2D eigenvalue weighted by Gasteiger charge is -2.38. The van der Waals surface area contributed by atoms with Gasteiger partial charge in [0.05, 0.1) is 6.61 Å². The number of carbonyl (C=O) groups excluding carboxylic acids is 1. The number of piperidine rings is 1. The molecule has 1 amide bonds. The molecule has 2 aromatic carbocycles. The third kappa shape index (κ3) is 2.53. The lowest BCUT2D eigenvalue weighted by atomic mass is 9.74. The minimum absolute atomic E-state index is 0.0101. The first-order chi connectivity index (χ1) is 13.6. The van der Waals surface area contributed by atoms with Crippen molar-refractivity contribution in [2.45, 2.75) is 24.8 Å². The molecule has 1 fully saturated rings. The quantitative estimate of drug-likeness (QED) is 0.748. The van der Waals surface area contributed by atoms with E-state index in [1.165, 1.54) is 5.56 Å². The van der Waals surface area contributed by atoms with Crippen LogP contribution in [0.5, 0.6) is 5.75 Å². The molecule has 0 radical (unpaired) electrons. The van der Waals surface area contributed by atoms with Gasteiger partial charge in [0.25, 0.3) is 5.91 Å². The summed E-state index contributed by atoms with van der Waals surface area (Å²) < 4.78 is 7.99. The zero-order valence-electron chi connectivity index (χ0n) is 16.1. The molecule has 0 bridgehead atoms. The number of benzene rings is 2. The van der Waals surface area contributed by atoms with Crippen molar-refractivity contribution in [3.63, 3.8) is 0 Å². The molecule has 5 heteroatoms. The van der Waals surface area contributed by atoms with Crippen LogP contribution in [0, 0.1) is 0 Å². The monoisotopic (exact) mass is 375 g/mol. The zero-order valence-corrected chi connectivity index (χ0v) is 16.1. The van der Waals surface area contributed by atoms with E-state index in [-0.39, 0.29) is 11.3 Å². The molecule has 2 aliphatic heterocycles. The van der Waals surface area contributed by atoms with Crippen molar-refractivity contribution >= 4 is 16.8 Å². The van der Waals surface area contributed by atoms with Crippen molar-refractivity contribution in [1.29, 1.82) is 0 Å². The molecule has 1 aromatic heterocycles. The number of fused-ring (bicyclic) bond motifs is 3. The number of aryl methyl sites for hydroxylation is 1. The fourth-order valence-corrected chi connectivity index (χ4v) is 4.75. The lowest BCUT2D eigenvalue weighted by Crippen LogP contribution is -2.46. The van der Waals surface area contributed by atoms with Gasteiger partial charge >= 0.3 is 0 Å². The minimum Gasteiger partial charge on any atom is -0.492 e. The number of carbonyl (C=O) groups is 1. The summed E-state index contributed by atoms with van der Waals surface area (Å²) >= 11 is 0. The Morgan fingerprint density at radius 3 is 2.68 bits per heavy atom. The first-order valence-electron chi connectivity index (χ1n) is 9.91. The molecule has 0 saturated carbocycles. The normalized spacial score (nSPS) is 17.7. The molecular formula is C23H25N3O2. The standard InChI is InChI=1S/C23H25N3O2/c1-25-19-5-3-2-4-17(19)13-20(25)22(27)26-10-8-23(9-11-26)15-28-21-7-6-16(14-24)12-18(21)23/h2-7,12-13H,8-11,14-15,24H2,1H3. The molecule has 1 spiro atoms. The number of aromatic nitrogens is 1. The van der Waals surface area contributed by atoms with Crippen LogP contribution < -0.4 is 10.5 Å². The van der Waals surface area contributed by atoms with Crippen molar-refractivity contribution in [2.24, 2.45) is 12.8 Å². The van der Waals surface area contributed by atoms with Gasteiger partial charge in [-0.1, -0.05) is 30.3 Å². The highest BCUT2D eigenvalue weighted by molar-refractivity contribution is 5.98. The number of ether oxygens (including phenoxy) is 1. The van der Waals surface area contributed by atoms with Crippen molar-refractivity contribution in [3.8, 4) is 5.75 Å². The number of nitrogens with zero attached hydrogens (tertiary/aromatic N) is 2. The first-order valence-corrected chi connectivity index (χ1v) is 9.91. The largest absolute Gasteiger partial charge is 0.492 e. The van der Waals surface area contributed by atoms with Crippen molar-refractivity contribution in [1.82, 2.24) is 9.47 Å². The van der Waals surface area contributed by atoms with Gasteiger partial charge in [-0.15, -0.1) is 0 Å². The van der Waals surface area contributed by atoms with Gasteiger partial charge in [0.2, 0.25) is 0 Å². The van der Waals surface area contributed by atoms with Gasteiger partial charge in [-0.2, -0.15) is 0 Å². The van der Waals surface area contributed by atoms with E-state index in [0.29, 0.717) is 13.2 Å². The number of amides is 1. The van der Waals surface area contributed by atoms with Gasteiger partial charge in [-0.05, 0) is 36.6 Å². The van der Waals surface area contributed by atoms with Crippen molar-refractivity contribution < 1.29 is 9.53 Å². The van der Waals surface area contributed by atoms with Gasteiger partial charge in [-0.25, -0.2) is 0 Å². The molecule has 0 unspecified atom stereocenters. The zero-order chi connectivity index (χ0) is 19.3. The topological polar surface area (TPSA) is 60.5 Å². The number of likely N-dealkylation sites (tertiary alicyclic amines) is 1. The highest BCUT2D eigenvalue weighted by Gasteiger charge is 2.44. The third-order valence-electron chi connectivity index (χ3n) is 6.53. The maximum atomic E-state index is 13.2. The second-order valence-electron chi connectivity index (χ2n) is 8.04. The third-order valence-corrected chi connectivity index (χ3v) is 6.53.